The van der Waals surface area contributed by atoms with Crippen molar-refractivity contribution in [2.75, 3.05) is 0 Å². The molecule has 1 atom stereocenters. The van der Waals surface area contributed by atoms with Crippen molar-refractivity contribution in [3.05, 3.63) is 0 Å². The molecular weight excluding hydrogens is 197 g/mol. The number of carbonyl (C=O) groups excluding carboxylic acids is 1. The second kappa shape index (κ2) is 3.78. The van der Waals surface area contributed by atoms with Crippen LogP contribution in [0.5, 0.6) is 0 Å². The molecule has 15 heavy (non-hydrogen) atoms. The third-order valence-electron chi connectivity index (χ3n) is 2.37. The van der Waals surface area contributed by atoms with Gasteiger partial charge >= 0.3 is 0 Å². The minimum atomic E-state index is -1.47. The minimum Gasteiger partial charge on any atom is -0.336 e. The summed E-state index contributed by atoms with van der Waals surface area (Å²) in [6.07, 6.45) is 1.27. The molecule has 0 aromatic carbocycles. The molecule has 0 unspecified atom stereocenters. The zero-order chi connectivity index (χ0) is 11.7. The van der Waals surface area contributed by atoms with E-state index in [1.807, 2.05) is 6.07 Å². The van der Waals surface area contributed by atoms with Gasteiger partial charge in [-0.3, -0.25) is 4.79 Å². The molecule has 0 aliphatic heterocycles. The largest absolute Gasteiger partial charge is 0.336 e. The molecule has 0 aromatic rings. The van der Waals surface area contributed by atoms with Gasteiger partial charge in [-0.2, -0.15) is 5.26 Å². The van der Waals surface area contributed by atoms with Crippen LogP contribution in [0.15, 0.2) is 0 Å². The van der Waals surface area contributed by atoms with Crippen molar-refractivity contribution >= 4 is 5.91 Å². The van der Waals surface area contributed by atoms with Crippen LogP contribution < -0.4 is 11.1 Å². The van der Waals surface area contributed by atoms with Gasteiger partial charge in [0.1, 0.15) is 11.2 Å². The smallest absolute Gasteiger partial charge is 0.238 e. The number of nitriles is 1. The summed E-state index contributed by atoms with van der Waals surface area (Å²) in [5.41, 5.74) is 3.33. The summed E-state index contributed by atoms with van der Waals surface area (Å²) in [5, 5.41) is 11.3. The zero-order valence-corrected chi connectivity index (χ0v) is 9.01. The number of nitrogens with zero attached hydrogens (tertiary/aromatic N) is 1. The van der Waals surface area contributed by atoms with Crippen molar-refractivity contribution in [3.63, 3.8) is 0 Å². The van der Waals surface area contributed by atoms with Crippen LogP contribution in [0, 0.1) is 11.3 Å². The highest BCUT2D eigenvalue weighted by Gasteiger charge is 2.45. The van der Waals surface area contributed by atoms with Crippen molar-refractivity contribution in [3.8, 4) is 6.07 Å². The van der Waals surface area contributed by atoms with Crippen molar-refractivity contribution in [1.82, 2.24) is 5.32 Å². The van der Waals surface area contributed by atoms with E-state index in [1.165, 1.54) is 13.8 Å². The number of rotatable bonds is 4. The number of hydrogen-bond donors (Lipinski definition) is 2. The number of halogens is 1. The molecule has 1 fully saturated rings. The van der Waals surface area contributed by atoms with Crippen molar-refractivity contribution in [2.45, 2.75) is 50.4 Å². The highest BCUT2D eigenvalue weighted by Crippen LogP contribution is 2.34. The van der Waals surface area contributed by atoms with E-state index in [1.54, 1.807) is 0 Å². The summed E-state index contributed by atoms with van der Waals surface area (Å²) in [6.45, 7) is 2.74. The van der Waals surface area contributed by atoms with Crippen LogP contribution in [0.2, 0.25) is 0 Å². The molecule has 0 aromatic heterocycles. The maximum atomic E-state index is 13.2. The second-order valence-electron chi connectivity index (χ2n) is 4.71. The second-order valence-corrected chi connectivity index (χ2v) is 4.71. The monoisotopic (exact) mass is 213 g/mol. The number of hydrogen-bond acceptors (Lipinski definition) is 3. The van der Waals surface area contributed by atoms with Crippen LogP contribution in [-0.2, 0) is 4.79 Å². The van der Waals surface area contributed by atoms with Crippen LogP contribution in [0.4, 0.5) is 4.39 Å². The Kier molecular flexibility index (Phi) is 3.00. The highest BCUT2D eigenvalue weighted by atomic mass is 19.1. The molecule has 1 aliphatic rings. The van der Waals surface area contributed by atoms with Gasteiger partial charge in [0.15, 0.2) is 0 Å². The molecular formula is C10H16FN3O. The first-order valence-corrected chi connectivity index (χ1v) is 4.96. The van der Waals surface area contributed by atoms with Gasteiger partial charge in [0.05, 0.1) is 12.1 Å². The zero-order valence-electron chi connectivity index (χ0n) is 9.01. The highest BCUT2D eigenvalue weighted by molar-refractivity contribution is 5.83. The summed E-state index contributed by atoms with van der Waals surface area (Å²) >= 11 is 0. The van der Waals surface area contributed by atoms with Crippen LogP contribution >= 0.6 is 0 Å². The van der Waals surface area contributed by atoms with E-state index in [0.717, 1.165) is 0 Å². The van der Waals surface area contributed by atoms with E-state index < -0.39 is 23.2 Å². The van der Waals surface area contributed by atoms with Gasteiger partial charge in [-0.25, -0.2) is 4.39 Å². The Morgan fingerprint density at radius 2 is 2.27 bits per heavy atom. The van der Waals surface area contributed by atoms with Crippen LogP contribution in [0.1, 0.15) is 33.1 Å². The lowest BCUT2D eigenvalue weighted by Gasteiger charge is -2.20. The summed E-state index contributed by atoms with van der Waals surface area (Å²) in [7, 11) is 0. The summed E-state index contributed by atoms with van der Waals surface area (Å²) in [6, 6.07) is 1.13. The number of carbonyl (C=O) groups is 1. The molecule has 0 saturated heterocycles. The standard InChI is InChI=1S/C10H16FN3O/c1-9(2,11)5-7(13)8(15)14-10(6-12)3-4-10/h7H,3-5,13H2,1-2H3,(H,14,15)/t7-/m0/s1. The normalized spacial score (nSPS) is 20.2. The summed E-state index contributed by atoms with van der Waals surface area (Å²) < 4.78 is 13.2. The van der Waals surface area contributed by atoms with Crippen molar-refractivity contribution in [2.24, 2.45) is 5.73 Å². The van der Waals surface area contributed by atoms with Gasteiger partial charge in [-0.1, -0.05) is 0 Å². The maximum absolute atomic E-state index is 13.2. The van der Waals surface area contributed by atoms with Gasteiger partial charge in [0, 0.05) is 6.42 Å². The number of amides is 1. The Bertz CT molecular complexity index is 299. The van der Waals surface area contributed by atoms with Crippen LogP contribution in [0.3, 0.4) is 0 Å². The lowest BCUT2D eigenvalue weighted by atomic mass is 10.0. The van der Waals surface area contributed by atoms with Gasteiger partial charge in [0.25, 0.3) is 0 Å². The molecule has 0 spiro atoms. The topological polar surface area (TPSA) is 78.9 Å². The van der Waals surface area contributed by atoms with Gasteiger partial charge in [-0.05, 0) is 26.7 Å². The molecule has 1 amide bonds. The SMILES string of the molecule is CC(C)(F)C[C@H](N)C(=O)NC1(C#N)CC1. The molecule has 0 bridgehead atoms. The minimum absolute atomic E-state index is 0.0413. The van der Waals surface area contributed by atoms with Gasteiger partial charge in [0.2, 0.25) is 5.91 Å². The molecule has 4 nitrogen and oxygen atoms in total. The molecule has 1 saturated carbocycles. The average molecular weight is 213 g/mol. The third kappa shape index (κ3) is 3.48. The Labute approximate surface area is 88.6 Å². The molecule has 3 N–H and O–H groups in total. The van der Waals surface area contributed by atoms with E-state index in [4.69, 9.17) is 11.0 Å². The summed E-state index contributed by atoms with van der Waals surface area (Å²) in [4.78, 5) is 11.5. The Morgan fingerprint density at radius 3 is 2.60 bits per heavy atom. The fourth-order valence-corrected chi connectivity index (χ4v) is 1.33. The molecule has 0 radical (unpaired) electrons. The van der Waals surface area contributed by atoms with E-state index in [2.05, 4.69) is 5.32 Å². The van der Waals surface area contributed by atoms with Gasteiger partial charge < -0.3 is 11.1 Å². The summed E-state index contributed by atoms with van der Waals surface area (Å²) in [5.74, 6) is -0.445. The average Bonchev–Trinajstić information content (AvgIpc) is 2.82. The first-order valence-electron chi connectivity index (χ1n) is 4.96. The Hall–Kier alpha value is -1.15. The molecule has 5 heteroatoms. The van der Waals surface area contributed by atoms with E-state index in [0.29, 0.717) is 12.8 Å². The maximum Gasteiger partial charge on any atom is 0.238 e. The van der Waals surface area contributed by atoms with Crippen LogP contribution in [-0.4, -0.2) is 23.2 Å². The van der Waals surface area contributed by atoms with Crippen molar-refractivity contribution in [1.29, 1.82) is 5.26 Å². The lowest BCUT2D eigenvalue weighted by molar-refractivity contribution is -0.123. The number of nitrogens with two attached hydrogens (primary N) is 1. The lowest BCUT2D eigenvalue weighted by Crippen LogP contribution is -2.48. The fraction of sp³-hybridized carbons (Fsp3) is 0.800. The predicted octanol–water partition coefficient (Wildman–Crippen LogP) is 0.624. The molecule has 84 valence electrons. The molecule has 1 rings (SSSR count). The quantitative estimate of drug-likeness (QED) is 0.718. The van der Waals surface area contributed by atoms with Crippen molar-refractivity contribution < 1.29 is 9.18 Å². The molecule has 1 aliphatic carbocycles. The van der Waals surface area contributed by atoms with E-state index >= 15 is 0 Å². The predicted molar refractivity (Wildman–Crippen MR) is 53.5 cm³/mol. The van der Waals surface area contributed by atoms with Crippen LogP contribution in [0.25, 0.3) is 0 Å². The number of alkyl halides is 1. The third-order valence-corrected chi connectivity index (χ3v) is 2.37. The van der Waals surface area contributed by atoms with E-state index in [-0.39, 0.29) is 6.42 Å². The fourth-order valence-electron chi connectivity index (χ4n) is 1.33. The first kappa shape index (κ1) is 11.9. The number of nitrogens with one attached hydrogen (secondary N) is 1. The Balaban J connectivity index is 2.45. The van der Waals surface area contributed by atoms with Gasteiger partial charge in [-0.15, -0.1) is 0 Å². The molecule has 0 heterocycles. The van der Waals surface area contributed by atoms with E-state index in [9.17, 15) is 9.18 Å². The Morgan fingerprint density at radius 1 is 1.73 bits per heavy atom. The first-order chi connectivity index (χ1) is 6.78.